The maximum Gasteiger partial charge on any atom is 0.305 e. The molecule has 1 aromatic heterocycles. The number of hydrogen-bond donors (Lipinski definition) is 1. The highest BCUT2D eigenvalue weighted by molar-refractivity contribution is 5.94. The summed E-state index contributed by atoms with van der Waals surface area (Å²) in [7, 11) is 3.22. The Kier molecular flexibility index (Phi) is 3.64. The zero-order valence-corrected chi connectivity index (χ0v) is 11.3. The molecule has 0 saturated carbocycles. The van der Waals surface area contributed by atoms with Gasteiger partial charge in [0, 0.05) is 18.1 Å². The maximum absolute atomic E-state index is 10.7. The number of carbonyl (C=O) groups is 1. The van der Waals surface area contributed by atoms with Crippen molar-refractivity contribution in [1.82, 2.24) is 4.57 Å². The van der Waals surface area contributed by atoms with E-state index in [0.717, 1.165) is 22.2 Å². The molecule has 0 bridgehead atoms. The van der Waals surface area contributed by atoms with Gasteiger partial charge in [0.15, 0.2) is 0 Å². The molecule has 5 heteroatoms. The first-order chi connectivity index (χ1) is 9.08. The number of aromatic nitrogens is 1. The van der Waals surface area contributed by atoms with E-state index in [1.165, 1.54) is 0 Å². The topological polar surface area (TPSA) is 60.7 Å². The lowest BCUT2D eigenvalue weighted by molar-refractivity contribution is -0.137. The predicted octanol–water partition coefficient (Wildman–Crippen LogP) is 2.44. The number of benzene rings is 1. The van der Waals surface area contributed by atoms with Crippen LogP contribution in [0.5, 0.6) is 11.5 Å². The van der Waals surface area contributed by atoms with Crippen LogP contribution in [-0.2, 0) is 11.3 Å². The molecule has 0 aliphatic heterocycles. The van der Waals surface area contributed by atoms with Crippen molar-refractivity contribution in [3.8, 4) is 11.5 Å². The summed E-state index contributed by atoms with van der Waals surface area (Å²) in [5.74, 6) is 0.665. The van der Waals surface area contributed by atoms with Crippen LogP contribution in [0, 0.1) is 6.92 Å². The summed E-state index contributed by atoms with van der Waals surface area (Å²) < 4.78 is 12.6. The van der Waals surface area contributed by atoms with Crippen LogP contribution in [0.3, 0.4) is 0 Å². The van der Waals surface area contributed by atoms with E-state index in [-0.39, 0.29) is 6.42 Å². The van der Waals surface area contributed by atoms with Crippen LogP contribution in [0.1, 0.15) is 12.0 Å². The molecule has 0 atom stereocenters. The first-order valence-corrected chi connectivity index (χ1v) is 6.00. The number of fused-ring (bicyclic) bond motifs is 1. The monoisotopic (exact) mass is 263 g/mol. The van der Waals surface area contributed by atoms with Gasteiger partial charge in [-0.2, -0.15) is 0 Å². The van der Waals surface area contributed by atoms with Crippen LogP contribution < -0.4 is 9.47 Å². The second-order valence-electron chi connectivity index (χ2n) is 4.34. The second kappa shape index (κ2) is 5.22. The minimum Gasteiger partial charge on any atom is -0.496 e. The van der Waals surface area contributed by atoms with Gasteiger partial charge in [-0.15, -0.1) is 0 Å². The molecule has 0 saturated heterocycles. The number of hydrogen-bond acceptors (Lipinski definition) is 3. The van der Waals surface area contributed by atoms with Crippen molar-refractivity contribution < 1.29 is 19.4 Å². The lowest BCUT2D eigenvalue weighted by atomic mass is 10.1. The number of aryl methyl sites for hydroxylation is 2. The van der Waals surface area contributed by atoms with Gasteiger partial charge in [-0.05, 0) is 24.6 Å². The minimum atomic E-state index is -0.818. The molecular formula is C14H17NO4. The summed E-state index contributed by atoms with van der Waals surface area (Å²) in [4.78, 5) is 10.7. The molecule has 0 radical (unpaired) electrons. The Morgan fingerprint density at radius 3 is 2.47 bits per heavy atom. The zero-order valence-electron chi connectivity index (χ0n) is 11.3. The molecule has 0 spiro atoms. The summed E-state index contributed by atoms with van der Waals surface area (Å²) in [5.41, 5.74) is 1.91. The van der Waals surface area contributed by atoms with Crippen molar-refractivity contribution in [3.05, 3.63) is 23.9 Å². The molecule has 1 N–H and O–H groups in total. The molecule has 0 unspecified atom stereocenters. The van der Waals surface area contributed by atoms with Crippen LogP contribution in [0.4, 0.5) is 0 Å². The van der Waals surface area contributed by atoms with E-state index < -0.39 is 5.97 Å². The zero-order chi connectivity index (χ0) is 14.0. The van der Waals surface area contributed by atoms with Crippen molar-refractivity contribution in [2.75, 3.05) is 14.2 Å². The second-order valence-corrected chi connectivity index (χ2v) is 4.34. The van der Waals surface area contributed by atoms with Gasteiger partial charge in [-0.3, -0.25) is 4.79 Å². The molecule has 2 rings (SSSR count). The highest BCUT2D eigenvalue weighted by atomic mass is 16.5. The fourth-order valence-electron chi connectivity index (χ4n) is 2.31. The SMILES string of the molecule is COc1ccc(OC)c2c1c(C)cn2CCC(=O)O. The molecule has 5 nitrogen and oxygen atoms in total. The third-order valence-corrected chi connectivity index (χ3v) is 3.14. The molecule has 0 amide bonds. The molecule has 1 heterocycles. The van der Waals surface area contributed by atoms with Gasteiger partial charge in [0.2, 0.25) is 0 Å². The van der Waals surface area contributed by atoms with Crippen molar-refractivity contribution in [2.24, 2.45) is 0 Å². The largest absolute Gasteiger partial charge is 0.496 e. The average Bonchev–Trinajstić information content (AvgIpc) is 2.73. The van der Waals surface area contributed by atoms with E-state index in [1.807, 2.05) is 29.8 Å². The first kappa shape index (κ1) is 13.3. The van der Waals surface area contributed by atoms with E-state index >= 15 is 0 Å². The fourth-order valence-corrected chi connectivity index (χ4v) is 2.31. The molecule has 102 valence electrons. The van der Waals surface area contributed by atoms with Gasteiger partial charge < -0.3 is 19.1 Å². The molecule has 0 aliphatic rings. The van der Waals surface area contributed by atoms with E-state index in [4.69, 9.17) is 14.6 Å². The number of ether oxygens (including phenoxy) is 2. The molecule has 2 aromatic rings. The number of aliphatic carboxylic acids is 1. The maximum atomic E-state index is 10.7. The van der Waals surface area contributed by atoms with Gasteiger partial charge in [-0.1, -0.05) is 0 Å². The van der Waals surface area contributed by atoms with E-state index in [2.05, 4.69) is 0 Å². The van der Waals surface area contributed by atoms with Crippen molar-refractivity contribution >= 4 is 16.9 Å². The van der Waals surface area contributed by atoms with E-state index in [1.54, 1.807) is 14.2 Å². The quantitative estimate of drug-likeness (QED) is 0.900. The van der Waals surface area contributed by atoms with Crippen molar-refractivity contribution in [1.29, 1.82) is 0 Å². The van der Waals surface area contributed by atoms with Gasteiger partial charge in [0.25, 0.3) is 0 Å². The number of rotatable bonds is 5. The van der Waals surface area contributed by atoms with Crippen molar-refractivity contribution in [3.63, 3.8) is 0 Å². The van der Waals surface area contributed by atoms with E-state index in [9.17, 15) is 4.79 Å². The number of carboxylic acids is 1. The van der Waals surface area contributed by atoms with Crippen LogP contribution >= 0.6 is 0 Å². The lowest BCUT2D eigenvalue weighted by Gasteiger charge is -2.10. The van der Waals surface area contributed by atoms with Gasteiger partial charge >= 0.3 is 5.97 Å². The Morgan fingerprint density at radius 2 is 1.89 bits per heavy atom. The normalized spacial score (nSPS) is 10.7. The molecule has 0 aliphatic carbocycles. The Morgan fingerprint density at radius 1 is 1.26 bits per heavy atom. The van der Waals surface area contributed by atoms with Crippen LogP contribution in [0.15, 0.2) is 18.3 Å². The fraction of sp³-hybridized carbons (Fsp3) is 0.357. The van der Waals surface area contributed by atoms with Crippen LogP contribution in [-0.4, -0.2) is 29.9 Å². The smallest absolute Gasteiger partial charge is 0.305 e. The number of carboxylic acid groups (broad SMARTS) is 1. The molecular weight excluding hydrogens is 246 g/mol. The third-order valence-electron chi connectivity index (χ3n) is 3.14. The van der Waals surface area contributed by atoms with E-state index in [0.29, 0.717) is 12.3 Å². The molecule has 1 aromatic carbocycles. The standard InChI is InChI=1S/C14H17NO4/c1-9-8-15(7-6-12(16)17)14-11(19-3)5-4-10(18-2)13(9)14/h4-5,8H,6-7H2,1-3H3,(H,16,17). The van der Waals surface area contributed by atoms with Crippen LogP contribution in [0.25, 0.3) is 10.9 Å². The summed E-state index contributed by atoms with van der Waals surface area (Å²) in [6.07, 6.45) is 2.00. The minimum absolute atomic E-state index is 0.0730. The van der Waals surface area contributed by atoms with Gasteiger partial charge in [0.1, 0.15) is 11.5 Å². The highest BCUT2D eigenvalue weighted by Crippen LogP contribution is 2.36. The van der Waals surface area contributed by atoms with Crippen molar-refractivity contribution in [2.45, 2.75) is 19.9 Å². The summed E-state index contributed by atoms with van der Waals surface area (Å²) in [6, 6.07) is 3.69. The number of methoxy groups -OCH3 is 2. The Bertz CT molecular complexity index is 615. The van der Waals surface area contributed by atoms with Gasteiger partial charge in [-0.25, -0.2) is 0 Å². The summed E-state index contributed by atoms with van der Waals surface area (Å²) >= 11 is 0. The lowest BCUT2D eigenvalue weighted by Crippen LogP contribution is -2.04. The summed E-state index contributed by atoms with van der Waals surface area (Å²) in [5, 5.41) is 9.78. The molecule has 0 fully saturated rings. The van der Waals surface area contributed by atoms with Crippen LogP contribution in [0.2, 0.25) is 0 Å². The number of nitrogens with zero attached hydrogens (tertiary/aromatic N) is 1. The Hall–Kier alpha value is -2.17. The predicted molar refractivity (Wildman–Crippen MR) is 72.0 cm³/mol. The Balaban J connectivity index is 2.61. The summed E-state index contributed by atoms with van der Waals surface area (Å²) in [6.45, 7) is 2.38. The third kappa shape index (κ3) is 2.36. The highest BCUT2D eigenvalue weighted by Gasteiger charge is 2.15. The first-order valence-electron chi connectivity index (χ1n) is 6.00. The molecule has 19 heavy (non-hydrogen) atoms. The van der Waals surface area contributed by atoms with Gasteiger partial charge in [0.05, 0.1) is 26.2 Å². The average molecular weight is 263 g/mol. The Labute approximate surface area is 111 Å².